The highest BCUT2D eigenvalue weighted by atomic mass is 16.2. The Morgan fingerprint density at radius 2 is 2.05 bits per heavy atom. The highest BCUT2D eigenvalue weighted by Crippen LogP contribution is 2.21. The van der Waals surface area contributed by atoms with Gasteiger partial charge in [0.05, 0.1) is 12.4 Å². The van der Waals surface area contributed by atoms with Gasteiger partial charge in [0, 0.05) is 19.3 Å². The minimum atomic E-state index is -0.159. The molecule has 1 atom stereocenters. The molecule has 2 rings (SSSR count). The summed E-state index contributed by atoms with van der Waals surface area (Å²) in [6, 6.07) is 9.95. The first-order valence-corrected chi connectivity index (χ1v) is 7.19. The number of carbonyl (C=O) groups excluding carboxylic acids is 1. The van der Waals surface area contributed by atoms with Gasteiger partial charge in [0.25, 0.3) is 5.91 Å². The second kappa shape index (κ2) is 7.04. The van der Waals surface area contributed by atoms with Crippen molar-refractivity contribution >= 4 is 5.91 Å². The Labute approximate surface area is 125 Å². The van der Waals surface area contributed by atoms with E-state index in [2.05, 4.69) is 24.1 Å². The zero-order valence-corrected chi connectivity index (χ0v) is 12.5. The highest BCUT2D eigenvalue weighted by Gasteiger charge is 2.20. The smallest absolute Gasteiger partial charge is 0.271 e. The number of benzene rings is 1. The Bertz CT molecular complexity index is 577. The summed E-state index contributed by atoms with van der Waals surface area (Å²) in [4.78, 5) is 16.5. The van der Waals surface area contributed by atoms with E-state index in [1.54, 1.807) is 12.5 Å². The molecule has 0 saturated heterocycles. The van der Waals surface area contributed by atoms with Gasteiger partial charge in [-0.3, -0.25) is 4.79 Å². The number of imidazole rings is 1. The third-order valence-corrected chi connectivity index (χ3v) is 3.37. The Morgan fingerprint density at radius 1 is 1.33 bits per heavy atom. The number of aromatic nitrogens is 2. The van der Waals surface area contributed by atoms with Crippen molar-refractivity contribution in [2.45, 2.75) is 26.4 Å². The minimum Gasteiger partial charge on any atom is -0.344 e. The van der Waals surface area contributed by atoms with Crippen molar-refractivity contribution in [3.8, 4) is 0 Å². The van der Waals surface area contributed by atoms with E-state index in [-0.39, 0.29) is 11.9 Å². The molecule has 5 heteroatoms. The first-order valence-electron chi connectivity index (χ1n) is 7.19. The lowest BCUT2D eigenvalue weighted by Gasteiger charge is -2.22. The average molecular weight is 286 g/mol. The Hall–Kier alpha value is -2.14. The summed E-state index contributed by atoms with van der Waals surface area (Å²) in [5, 5.41) is 3.06. The third kappa shape index (κ3) is 3.92. The van der Waals surface area contributed by atoms with Gasteiger partial charge in [-0.25, -0.2) is 4.98 Å². The van der Waals surface area contributed by atoms with Crippen LogP contribution in [0.15, 0.2) is 42.9 Å². The fourth-order valence-electron chi connectivity index (χ4n) is 2.26. The maximum Gasteiger partial charge on any atom is 0.271 e. The van der Waals surface area contributed by atoms with Crippen LogP contribution in [0.5, 0.6) is 0 Å². The lowest BCUT2D eigenvalue weighted by molar-refractivity contribution is 0.0921. The number of nitrogens with zero attached hydrogens (tertiary/aromatic N) is 2. The number of hydrogen-bond acceptors (Lipinski definition) is 3. The zero-order chi connectivity index (χ0) is 15.2. The summed E-state index contributed by atoms with van der Waals surface area (Å²) < 4.78 is 1.82. The van der Waals surface area contributed by atoms with Crippen LogP contribution >= 0.6 is 0 Å². The van der Waals surface area contributed by atoms with E-state index in [4.69, 9.17) is 5.73 Å². The molecule has 3 N–H and O–H groups in total. The molecular weight excluding hydrogens is 264 g/mol. The minimum absolute atomic E-state index is 0.0293. The Kier molecular flexibility index (Phi) is 5.11. The monoisotopic (exact) mass is 286 g/mol. The summed E-state index contributed by atoms with van der Waals surface area (Å²) in [6.45, 7) is 5.36. The summed E-state index contributed by atoms with van der Waals surface area (Å²) in [5.41, 5.74) is 7.01. The molecule has 0 spiro atoms. The van der Waals surface area contributed by atoms with Gasteiger partial charge >= 0.3 is 0 Å². The molecule has 0 bridgehead atoms. The summed E-state index contributed by atoms with van der Waals surface area (Å²) >= 11 is 0. The number of hydrogen-bond donors (Lipinski definition) is 2. The van der Waals surface area contributed by atoms with E-state index in [0.717, 1.165) is 5.56 Å². The van der Waals surface area contributed by atoms with Crippen LogP contribution in [0.4, 0.5) is 0 Å². The number of carbonyl (C=O) groups is 1. The van der Waals surface area contributed by atoms with Gasteiger partial charge < -0.3 is 15.6 Å². The SMILES string of the molecule is CC(C)C(NC(=O)c1cn(CCN)cn1)c1ccccc1. The van der Waals surface area contributed by atoms with Crippen LogP contribution < -0.4 is 11.1 Å². The predicted molar refractivity (Wildman–Crippen MR) is 82.8 cm³/mol. The molecule has 0 saturated carbocycles. The maximum atomic E-state index is 12.3. The van der Waals surface area contributed by atoms with E-state index in [1.807, 2.05) is 34.9 Å². The molecule has 5 nitrogen and oxygen atoms in total. The van der Waals surface area contributed by atoms with Crippen LogP contribution in [0.25, 0.3) is 0 Å². The van der Waals surface area contributed by atoms with Crippen molar-refractivity contribution in [1.82, 2.24) is 14.9 Å². The van der Waals surface area contributed by atoms with Gasteiger partial charge in [-0.05, 0) is 11.5 Å². The quantitative estimate of drug-likeness (QED) is 0.852. The average Bonchev–Trinajstić information content (AvgIpc) is 2.94. The lowest BCUT2D eigenvalue weighted by Crippen LogP contribution is -2.32. The van der Waals surface area contributed by atoms with Gasteiger partial charge in [-0.2, -0.15) is 0 Å². The van der Waals surface area contributed by atoms with Crippen LogP contribution in [0.3, 0.4) is 0 Å². The molecule has 0 aliphatic carbocycles. The number of amides is 1. The van der Waals surface area contributed by atoms with Crippen molar-refractivity contribution in [1.29, 1.82) is 0 Å². The van der Waals surface area contributed by atoms with Gasteiger partial charge in [0.2, 0.25) is 0 Å². The Morgan fingerprint density at radius 3 is 2.67 bits per heavy atom. The fourth-order valence-corrected chi connectivity index (χ4v) is 2.26. The van der Waals surface area contributed by atoms with E-state index in [1.165, 1.54) is 0 Å². The normalized spacial score (nSPS) is 12.4. The molecular formula is C16H22N4O. The summed E-state index contributed by atoms with van der Waals surface area (Å²) in [7, 11) is 0. The first-order chi connectivity index (χ1) is 10.1. The number of rotatable bonds is 6. The summed E-state index contributed by atoms with van der Waals surface area (Å²) in [6.07, 6.45) is 3.36. The molecule has 1 heterocycles. The van der Waals surface area contributed by atoms with E-state index in [0.29, 0.717) is 24.7 Å². The molecule has 1 aromatic carbocycles. The molecule has 112 valence electrons. The van der Waals surface area contributed by atoms with Crippen LogP contribution in [0.1, 0.15) is 35.9 Å². The maximum absolute atomic E-state index is 12.3. The van der Waals surface area contributed by atoms with Crippen molar-refractivity contribution in [2.75, 3.05) is 6.54 Å². The van der Waals surface area contributed by atoms with E-state index >= 15 is 0 Å². The molecule has 1 aromatic heterocycles. The van der Waals surface area contributed by atoms with Gasteiger partial charge in [-0.1, -0.05) is 44.2 Å². The standard InChI is InChI=1S/C16H22N4O/c1-12(2)15(13-6-4-3-5-7-13)19-16(21)14-10-20(9-8-17)11-18-14/h3-7,10-12,15H,8-9,17H2,1-2H3,(H,19,21). The van der Waals surface area contributed by atoms with Crippen molar-refractivity contribution in [3.63, 3.8) is 0 Å². The largest absolute Gasteiger partial charge is 0.344 e. The number of nitrogens with two attached hydrogens (primary N) is 1. The molecule has 2 aromatic rings. The Balaban J connectivity index is 2.11. The predicted octanol–water partition coefficient (Wildman–Crippen LogP) is 1.97. The van der Waals surface area contributed by atoms with Crippen LogP contribution in [0.2, 0.25) is 0 Å². The first kappa shape index (κ1) is 15.3. The fraction of sp³-hybridized carbons (Fsp3) is 0.375. The molecule has 21 heavy (non-hydrogen) atoms. The van der Waals surface area contributed by atoms with Gasteiger partial charge in [0.1, 0.15) is 5.69 Å². The zero-order valence-electron chi connectivity index (χ0n) is 12.5. The van der Waals surface area contributed by atoms with Crippen LogP contribution in [0, 0.1) is 5.92 Å². The highest BCUT2D eigenvalue weighted by molar-refractivity contribution is 5.92. The van der Waals surface area contributed by atoms with Crippen molar-refractivity contribution in [2.24, 2.45) is 11.7 Å². The molecule has 0 aliphatic heterocycles. The topological polar surface area (TPSA) is 72.9 Å². The molecule has 0 aliphatic rings. The second-order valence-corrected chi connectivity index (χ2v) is 5.39. The van der Waals surface area contributed by atoms with Crippen molar-refractivity contribution < 1.29 is 4.79 Å². The molecule has 1 amide bonds. The summed E-state index contributed by atoms with van der Waals surface area (Å²) in [5.74, 6) is 0.135. The number of nitrogens with one attached hydrogen (secondary N) is 1. The molecule has 0 fully saturated rings. The van der Waals surface area contributed by atoms with E-state index in [9.17, 15) is 4.79 Å². The molecule has 0 radical (unpaired) electrons. The van der Waals surface area contributed by atoms with Gasteiger partial charge in [-0.15, -0.1) is 0 Å². The van der Waals surface area contributed by atoms with Crippen LogP contribution in [-0.2, 0) is 6.54 Å². The molecule has 1 unspecified atom stereocenters. The third-order valence-electron chi connectivity index (χ3n) is 3.37. The van der Waals surface area contributed by atoms with Crippen molar-refractivity contribution in [3.05, 3.63) is 54.1 Å². The second-order valence-electron chi connectivity index (χ2n) is 5.39. The van der Waals surface area contributed by atoms with Crippen LogP contribution in [-0.4, -0.2) is 22.0 Å². The lowest BCUT2D eigenvalue weighted by atomic mass is 9.96. The van der Waals surface area contributed by atoms with E-state index < -0.39 is 0 Å². The van der Waals surface area contributed by atoms with Gasteiger partial charge in [0.15, 0.2) is 0 Å².